The van der Waals surface area contributed by atoms with Gasteiger partial charge in [-0.3, -0.25) is 4.98 Å². The molecule has 2 aromatic heterocycles. The van der Waals surface area contributed by atoms with Crippen molar-refractivity contribution in [1.82, 2.24) is 14.5 Å². The Morgan fingerprint density at radius 1 is 1.30 bits per heavy atom. The van der Waals surface area contributed by atoms with Crippen molar-refractivity contribution >= 4 is 11.0 Å². The monoisotopic (exact) mass is 269 g/mol. The third kappa shape index (κ3) is 1.87. The normalized spacial score (nSPS) is 10.9. The average Bonchev–Trinajstić information content (AvgIpc) is 2.86. The summed E-state index contributed by atoms with van der Waals surface area (Å²) in [5, 5.41) is 10.1. The van der Waals surface area contributed by atoms with Gasteiger partial charge < -0.3 is 14.4 Å². The highest BCUT2D eigenvalue weighted by Gasteiger charge is 2.15. The van der Waals surface area contributed by atoms with E-state index in [2.05, 4.69) is 9.97 Å². The molecule has 1 aromatic carbocycles. The van der Waals surface area contributed by atoms with Crippen LogP contribution >= 0.6 is 0 Å². The maximum atomic E-state index is 10.1. The Labute approximate surface area is 116 Å². The number of pyridine rings is 1. The fourth-order valence-corrected chi connectivity index (χ4v) is 2.33. The lowest BCUT2D eigenvalue weighted by molar-refractivity contribution is 0.412. The number of phenolic OH excluding ortho intramolecular Hbond substituents is 1. The lowest BCUT2D eigenvalue weighted by Crippen LogP contribution is -1.98. The fourth-order valence-electron chi connectivity index (χ4n) is 2.33. The molecule has 102 valence electrons. The van der Waals surface area contributed by atoms with Gasteiger partial charge in [-0.15, -0.1) is 0 Å². The SMILES string of the molecule is CCn1c(-c2cc(OC)ccc2O)nc2cnccc21. The lowest BCUT2D eigenvalue weighted by atomic mass is 10.1. The Bertz CT molecular complexity index is 765. The first kappa shape index (κ1) is 12.5. The standard InChI is InChI=1S/C15H15N3O2/c1-3-18-13-6-7-16-9-12(13)17-15(18)11-8-10(20-2)4-5-14(11)19/h4-9,19H,3H2,1-2H3. The van der Waals surface area contributed by atoms with Crippen LogP contribution in [0.1, 0.15) is 6.92 Å². The van der Waals surface area contributed by atoms with Gasteiger partial charge in [0.1, 0.15) is 22.8 Å². The molecule has 0 atom stereocenters. The van der Waals surface area contributed by atoms with Gasteiger partial charge in [0, 0.05) is 12.7 Å². The number of nitrogens with zero attached hydrogens (tertiary/aromatic N) is 3. The van der Waals surface area contributed by atoms with Crippen molar-refractivity contribution < 1.29 is 9.84 Å². The predicted octanol–water partition coefficient (Wildman–Crippen LogP) is 2.83. The van der Waals surface area contributed by atoms with Crippen LogP contribution in [0.2, 0.25) is 0 Å². The van der Waals surface area contributed by atoms with Crippen LogP contribution in [0.4, 0.5) is 0 Å². The quantitative estimate of drug-likeness (QED) is 0.794. The van der Waals surface area contributed by atoms with Crippen LogP contribution in [0.5, 0.6) is 11.5 Å². The van der Waals surface area contributed by atoms with E-state index >= 15 is 0 Å². The van der Waals surface area contributed by atoms with Crippen molar-refractivity contribution in [2.45, 2.75) is 13.5 Å². The minimum atomic E-state index is 0.184. The molecule has 1 N–H and O–H groups in total. The second kappa shape index (κ2) is 4.85. The second-order valence-electron chi connectivity index (χ2n) is 4.43. The summed E-state index contributed by atoms with van der Waals surface area (Å²) in [5.74, 6) is 1.58. The van der Waals surface area contributed by atoms with E-state index in [0.717, 1.165) is 17.6 Å². The van der Waals surface area contributed by atoms with E-state index in [4.69, 9.17) is 4.74 Å². The average molecular weight is 269 g/mol. The second-order valence-corrected chi connectivity index (χ2v) is 4.43. The maximum absolute atomic E-state index is 10.1. The number of hydrogen-bond acceptors (Lipinski definition) is 4. The molecule has 3 aromatic rings. The van der Waals surface area contributed by atoms with Crippen LogP contribution in [-0.4, -0.2) is 26.8 Å². The minimum Gasteiger partial charge on any atom is -0.507 e. The van der Waals surface area contributed by atoms with Gasteiger partial charge in [0.25, 0.3) is 0 Å². The Balaban J connectivity index is 2.28. The molecule has 0 saturated heterocycles. The molecule has 0 saturated carbocycles. The summed E-state index contributed by atoms with van der Waals surface area (Å²) >= 11 is 0. The molecule has 20 heavy (non-hydrogen) atoms. The first-order valence-corrected chi connectivity index (χ1v) is 6.42. The summed E-state index contributed by atoms with van der Waals surface area (Å²) in [7, 11) is 1.60. The Hall–Kier alpha value is -2.56. The summed E-state index contributed by atoms with van der Waals surface area (Å²) in [6.07, 6.45) is 3.47. The van der Waals surface area contributed by atoms with Crippen LogP contribution in [-0.2, 0) is 6.54 Å². The Morgan fingerprint density at radius 2 is 2.15 bits per heavy atom. The van der Waals surface area contributed by atoms with Crippen LogP contribution in [0.25, 0.3) is 22.4 Å². The summed E-state index contributed by atoms with van der Waals surface area (Å²) < 4.78 is 7.27. The van der Waals surface area contributed by atoms with Gasteiger partial charge in [0.15, 0.2) is 0 Å². The Kier molecular flexibility index (Phi) is 3.02. The number of aromatic hydroxyl groups is 1. The van der Waals surface area contributed by atoms with Crippen molar-refractivity contribution in [3.05, 3.63) is 36.7 Å². The highest BCUT2D eigenvalue weighted by molar-refractivity contribution is 5.81. The molecule has 0 fully saturated rings. The van der Waals surface area contributed by atoms with Crippen LogP contribution in [0.3, 0.4) is 0 Å². The highest BCUT2D eigenvalue weighted by atomic mass is 16.5. The molecule has 0 aliphatic rings. The van der Waals surface area contributed by atoms with E-state index < -0.39 is 0 Å². The van der Waals surface area contributed by atoms with Gasteiger partial charge in [-0.1, -0.05) is 0 Å². The number of benzene rings is 1. The van der Waals surface area contributed by atoms with E-state index in [1.165, 1.54) is 0 Å². The van der Waals surface area contributed by atoms with E-state index in [1.54, 1.807) is 37.7 Å². The van der Waals surface area contributed by atoms with Crippen molar-refractivity contribution in [1.29, 1.82) is 0 Å². The number of methoxy groups -OCH3 is 1. The van der Waals surface area contributed by atoms with E-state index in [-0.39, 0.29) is 5.75 Å². The van der Waals surface area contributed by atoms with E-state index in [9.17, 15) is 5.11 Å². The van der Waals surface area contributed by atoms with Crippen molar-refractivity contribution in [3.8, 4) is 22.9 Å². The summed E-state index contributed by atoms with van der Waals surface area (Å²) in [5.41, 5.74) is 2.47. The molecule has 0 amide bonds. The number of aromatic nitrogens is 3. The topological polar surface area (TPSA) is 60.2 Å². The maximum Gasteiger partial charge on any atom is 0.145 e. The first-order chi connectivity index (χ1) is 9.74. The zero-order valence-corrected chi connectivity index (χ0v) is 11.4. The minimum absolute atomic E-state index is 0.184. The van der Waals surface area contributed by atoms with Crippen molar-refractivity contribution in [3.63, 3.8) is 0 Å². The summed E-state index contributed by atoms with van der Waals surface area (Å²) in [6.45, 7) is 2.80. The zero-order valence-electron chi connectivity index (χ0n) is 11.4. The van der Waals surface area contributed by atoms with Crippen LogP contribution in [0.15, 0.2) is 36.7 Å². The van der Waals surface area contributed by atoms with Gasteiger partial charge in [-0.25, -0.2) is 4.98 Å². The molecule has 2 heterocycles. The number of ether oxygens (including phenoxy) is 1. The van der Waals surface area contributed by atoms with Crippen molar-refractivity contribution in [2.75, 3.05) is 7.11 Å². The number of rotatable bonds is 3. The largest absolute Gasteiger partial charge is 0.507 e. The van der Waals surface area contributed by atoms with Crippen LogP contribution < -0.4 is 4.74 Å². The number of imidazole rings is 1. The van der Waals surface area contributed by atoms with Crippen molar-refractivity contribution in [2.24, 2.45) is 0 Å². The van der Waals surface area contributed by atoms with Gasteiger partial charge in [0.05, 0.1) is 24.4 Å². The summed E-state index contributed by atoms with van der Waals surface area (Å²) in [4.78, 5) is 8.66. The molecule has 0 aliphatic carbocycles. The molecule has 5 heteroatoms. The van der Waals surface area contributed by atoms with Gasteiger partial charge in [0.2, 0.25) is 0 Å². The van der Waals surface area contributed by atoms with E-state index in [1.807, 2.05) is 17.6 Å². The fraction of sp³-hybridized carbons (Fsp3) is 0.200. The molecular weight excluding hydrogens is 254 g/mol. The first-order valence-electron chi connectivity index (χ1n) is 6.42. The van der Waals surface area contributed by atoms with E-state index in [0.29, 0.717) is 17.1 Å². The number of aryl methyl sites for hydroxylation is 1. The number of phenols is 1. The highest BCUT2D eigenvalue weighted by Crippen LogP contribution is 2.33. The smallest absolute Gasteiger partial charge is 0.145 e. The third-order valence-electron chi connectivity index (χ3n) is 3.31. The lowest BCUT2D eigenvalue weighted by Gasteiger charge is -2.09. The summed E-state index contributed by atoms with van der Waals surface area (Å²) in [6, 6.07) is 7.05. The molecule has 0 radical (unpaired) electrons. The molecule has 0 spiro atoms. The predicted molar refractivity (Wildman–Crippen MR) is 76.9 cm³/mol. The molecular formula is C15H15N3O2. The zero-order chi connectivity index (χ0) is 14.1. The molecule has 3 rings (SSSR count). The molecule has 0 bridgehead atoms. The van der Waals surface area contributed by atoms with Gasteiger partial charge in [-0.05, 0) is 31.2 Å². The number of fused-ring (bicyclic) bond motifs is 1. The Morgan fingerprint density at radius 3 is 2.90 bits per heavy atom. The molecule has 0 unspecified atom stereocenters. The number of hydrogen-bond donors (Lipinski definition) is 1. The third-order valence-corrected chi connectivity index (χ3v) is 3.31. The molecule has 0 aliphatic heterocycles. The van der Waals surface area contributed by atoms with Gasteiger partial charge in [-0.2, -0.15) is 0 Å². The van der Waals surface area contributed by atoms with Gasteiger partial charge >= 0.3 is 0 Å². The molecule has 5 nitrogen and oxygen atoms in total. The van der Waals surface area contributed by atoms with Crippen LogP contribution in [0, 0.1) is 0 Å².